The second kappa shape index (κ2) is 7.59. The van der Waals surface area contributed by atoms with Gasteiger partial charge in [0.15, 0.2) is 0 Å². The second-order valence-corrected chi connectivity index (χ2v) is 6.61. The molecule has 3 rings (SSSR count). The highest BCUT2D eigenvalue weighted by molar-refractivity contribution is 5.78. The molecule has 6 nitrogen and oxygen atoms in total. The highest BCUT2D eigenvalue weighted by Gasteiger charge is 2.49. The average molecular weight is 334 g/mol. The molecule has 24 heavy (non-hydrogen) atoms. The van der Waals surface area contributed by atoms with Gasteiger partial charge in [-0.1, -0.05) is 6.07 Å². The molecular weight excluding hydrogens is 308 g/mol. The molecule has 1 aromatic heterocycles. The standard InChI is InChI=1S/C18H26N2O4/c1-3-22-11-17(21)20-12-18(13-20)9-16(7-8-24-18)23-10-15-6-4-5-14(2)19-15/h4-6,16H,3,7-13H2,1-2H3/t16-/m0/s1. The lowest BCUT2D eigenvalue weighted by Crippen LogP contribution is -2.67. The lowest BCUT2D eigenvalue weighted by Gasteiger charge is -2.52. The molecule has 0 bridgehead atoms. The molecule has 1 spiro atoms. The van der Waals surface area contributed by atoms with E-state index in [1.807, 2.05) is 32.0 Å². The van der Waals surface area contributed by atoms with Crippen LogP contribution >= 0.6 is 0 Å². The van der Waals surface area contributed by atoms with Gasteiger partial charge in [0, 0.05) is 25.3 Å². The van der Waals surface area contributed by atoms with E-state index in [0.717, 1.165) is 24.2 Å². The first-order valence-corrected chi connectivity index (χ1v) is 8.64. The topological polar surface area (TPSA) is 60.9 Å². The molecule has 2 aliphatic rings. The van der Waals surface area contributed by atoms with Crippen LogP contribution in [0.3, 0.4) is 0 Å². The van der Waals surface area contributed by atoms with E-state index in [4.69, 9.17) is 14.2 Å². The first-order valence-electron chi connectivity index (χ1n) is 8.64. The third kappa shape index (κ3) is 4.12. The molecule has 6 heteroatoms. The quantitative estimate of drug-likeness (QED) is 0.792. The van der Waals surface area contributed by atoms with E-state index in [2.05, 4.69) is 4.98 Å². The van der Waals surface area contributed by atoms with Gasteiger partial charge < -0.3 is 19.1 Å². The maximum atomic E-state index is 11.9. The third-order valence-electron chi connectivity index (χ3n) is 4.60. The fourth-order valence-corrected chi connectivity index (χ4v) is 3.33. The van der Waals surface area contributed by atoms with Crippen molar-refractivity contribution in [1.29, 1.82) is 0 Å². The van der Waals surface area contributed by atoms with Gasteiger partial charge in [-0.15, -0.1) is 0 Å². The number of rotatable bonds is 6. The number of amides is 1. The molecule has 0 radical (unpaired) electrons. The van der Waals surface area contributed by atoms with Crippen LogP contribution < -0.4 is 0 Å². The van der Waals surface area contributed by atoms with Gasteiger partial charge in [0.1, 0.15) is 12.2 Å². The lowest BCUT2D eigenvalue weighted by atomic mass is 9.84. The van der Waals surface area contributed by atoms with Gasteiger partial charge in [0.25, 0.3) is 0 Å². The summed E-state index contributed by atoms with van der Waals surface area (Å²) in [6.45, 7) is 7.07. The van der Waals surface area contributed by atoms with Crippen LogP contribution in [-0.4, -0.2) is 60.4 Å². The maximum absolute atomic E-state index is 11.9. The number of pyridine rings is 1. The van der Waals surface area contributed by atoms with Crippen molar-refractivity contribution < 1.29 is 19.0 Å². The van der Waals surface area contributed by atoms with Gasteiger partial charge in [-0.25, -0.2) is 0 Å². The Morgan fingerprint density at radius 2 is 2.29 bits per heavy atom. The number of hydrogen-bond acceptors (Lipinski definition) is 5. The van der Waals surface area contributed by atoms with Gasteiger partial charge in [0.05, 0.1) is 31.5 Å². The van der Waals surface area contributed by atoms with Crippen molar-refractivity contribution >= 4 is 5.91 Å². The number of carbonyl (C=O) groups is 1. The predicted molar refractivity (Wildman–Crippen MR) is 88.5 cm³/mol. The summed E-state index contributed by atoms with van der Waals surface area (Å²) in [7, 11) is 0. The molecule has 2 saturated heterocycles. The fourth-order valence-electron chi connectivity index (χ4n) is 3.33. The number of hydrogen-bond donors (Lipinski definition) is 0. The maximum Gasteiger partial charge on any atom is 0.248 e. The minimum Gasteiger partial charge on any atom is -0.372 e. The highest BCUT2D eigenvalue weighted by Crippen LogP contribution is 2.35. The van der Waals surface area contributed by atoms with Crippen molar-refractivity contribution in [2.24, 2.45) is 0 Å². The smallest absolute Gasteiger partial charge is 0.248 e. The minimum atomic E-state index is -0.231. The van der Waals surface area contributed by atoms with E-state index in [1.54, 1.807) is 4.90 Å². The van der Waals surface area contributed by atoms with Gasteiger partial charge in [-0.3, -0.25) is 9.78 Å². The molecule has 1 aromatic rings. The molecule has 1 atom stereocenters. The molecular formula is C18H26N2O4. The van der Waals surface area contributed by atoms with E-state index in [9.17, 15) is 4.79 Å². The molecule has 0 unspecified atom stereocenters. The van der Waals surface area contributed by atoms with Crippen LogP contribution in [-0.2, 0) is 25.6 Å². The molecule has 2 fully saturated rings. The average Bonchev–Trinajstić information content (AvgIpc) is 2.56. The van der Waals surface area contributed by atoms with E-state index in [-0.39, 0.29) is 24.2 Å². The Kier molecular flexibility index (Phi) is 5.48. The largest absolute Gasteiger partial charge is 0.372 e. The van der Waals surface area contributed by atoms with E-state index < -0.39 is 0 Å². The normalized spacial score (nSPS) is 22.4. The van der Waals surface area contributed by atoms with E-state index in [1.165, 1.54) is 0 Å². The van der Waals surface area contributed by atoms with Crippen molar-refractivity contribution in [2.45, 2.75) is 45.0 Å². The summed E-state index contributed by atoms with van der Waals surface area (Å²) >= 11 is 0. The number of ether oxygens (including phenoxy) is 3. The predicted octanol–water partition coefficient (Wildman–Crippen LogP) is 1.70. The summed E-state index contributed by atoms with van der Waals surface area (Å²) in [6.07, 6.45) is 1.88. The van der Waals surface area contributed by atoms with Crippen LogP contribution in [0.5, 0.6) is 0 Å². The van der Waals surface area contributed by atoms with Gasteiger partial charge in [-0.05, 0) is 32.4 Å². The van der Waals surface area contributed by atoms with Crippen LogP contribution in [0.1, 0.15) is 31.2 Å². The number of nitrogens with zero attached hydrogens (tertiary/aromatic N) is 2. The Morgan fingerprint density at radius 3 is 3.04 bits per heavy atom. The molecule has 3 heterocycles. The summed E-state index contributed by atoms with van der Waals surface area (Å²) < 4.78 is 17.2. The van der Waals surface area contributed by atoms with Crippen molar-refractivity contribution in [3.8, 4) is 0 Å². The molecule has 0 N–H and O–H groups in total. The Balaban J connectivity index is 1.46. The van der Waals surface area contributed by atoms with Crippen molar-refractivity contribution in [1.82, 2.24) is 9.88 Å². The van der Waals surface area contributed by atoms with Gasteiger partial charge >= 0.3 is 0 Å². The molecule has 0 saturated carbocycles. The fraction of sp³-hybridized carbons (Fsp3) is 0.667. The Hall–Kier alpha value is -1.50. The Morgan fingerprint density at radius 1 is 1.46 bits per heavy atom. The van der Waals surface area contributed by atoms with Gasteiger partial charge in [0.2, 0.25) is 5.91 Å². The Labute approximate surface area is 143 Å². The van der Waals surface area contributed by atoms with Crippen LogP contribution in [0, 0.1) is 6.92 Å². The minimum absolute atomic E-state index is 0.0399. The van der Waals surface area contributed by atoms with Crippen molar-refractivity contribution in [3.05, 3.63) is 29.6 Å². The summed E-state index contributed by atoms with van der Waals surface area (Å²) in [4.78, 5) is 18.2. The third-order valence-corrected chi connectivity index (χ3v) is 4.60. The lowest BCUT2D eigenvalue weighted by molar-refractivity contribution is -0.204. The van der Waals surface area contributed by atoms with Crippen LogP contribution in [0.25, 0.3) is 0 Å². The van der Waals surface area contributed by atoms with E-state index >= 15 is 0 Å². The number of carbonyl (C=O) groups excluding carboxylic acids is 1. The monoisotopic (exact) mass is 334 g/mol. The summed E-state index contributed by atoms with van der Waals surface area (Å²) in [6, 6.07) is 5.97. The molecule has 0 aromatic carbocycles. The summed E-state index contributed by atoms with van der Waals surface area (Å²) in [5, 5.41) is 0. The zero-order valence-corrected chi connectivity index (χ0v) is 14.5. The molecule has 1 amide bonds. The molecule has 2 aliphatic heterocycles. The number of aryl methyl sites for hydroxylation is 1. The number of aromatic nitrogens is 1. The Bertz CT molecular complexity index is 572. The summed E-state index contributed by atoms with van der Waals surface area (Å²) in [5.74, 6) is 0.0399. The first-order chi connectivity index (χ1) is 11.6. The van der Waals surface area contributed by atoms with Crippen molar-refractivity contribution in [2.75, 3.05) is 32.9 Å². The summed E-state index contributed by atoms with van der Waals surface area (Å²) in [5.41, 5.74) is 1.73. The SMILES string of the molecule is CCOCC(=O)N1CC2(C[C@@H](OCc3cccc(C)n3)CCO2)C1. The molecule has 132 valence electrons. The van der Waals surface area contributed by atoms with Crippen molar-refractivity contribution in [3.63, 3.8) is 0 Å². The first kappa shape index (κ1) is 17.3. The second-order valence-electron chi connectivity index (χ2n) is 6.61. The van der Waals surface area contributed by atoms with Crippen LogP contribution in [0.2, 0.25) is 0 Å². The zero-order chi connectivity index (χ0) is 17.0. The van der Waals surface area contributed by atoms with E-state index in [0.29, 0.717) is 32.9 Å². The van der Waals surface area contributed by atoms with Crippen LogP contribution in [0.4, 0.5) is 0 Å². The number of likely N-dealkylation sites (tertiary alicyclic amines) is 1. The van der Waals surface area contributed by atoms with Gasteiger partial charge in [-0.2, -0.15) is 0 Å². The molecule has 0 aliphatic carbocycles. The zero-order valence-electron chi connectivity index (χ0n) is 14.5. The van der Waals surface area contributed by atoms with Crippen LogP contribution in [0.15, 0.2) is 18.2 Å². The highest BCUT2D eigenvalue weighted by atomic mass is 16.5.